The summed E-state index contributed by atoms with van der Waals surface area (Å²) in [5, 5.41) is 4.55. The van der Waals surface area contributed by atoms with Crippen LogP contribution in [0.1, 0.15) is 25.0 Å². The highest BCUT2D eigenvalue weighted by Gasteiger charge is 2.35. The van der Waals surface area contributed by atoms with E-state index >= 15 is 0 Å². The summed E-state index contributed by atoms with van der Waals surface area (Å²) in [4.78, 5) is 16.3. The molecule has 0 radical (unpaired) electrons. The maximum absolute atomic E-state index is 5.48. The molecule has 0 aliphatic heterocycles. The average Bonchev–Trinajstić information content (AvgIpc) is 3.96. The lowest BCUT2D eigenvalue weighted by molar-refractivity contribution is 0.660. The largest absolute Gasteiger partial charge is 0.278 e. The molecule has 1 aliphatic carbocycles. The normalized spacial score (nSPS) is 12.9. The lowest BCUT2D eigenvalue weighted by atomic mass is 9.81. The molecule has 5 heteroatoms. The van der Waals surface area contributed by atoms with E-state index in [-0.39, 0.29) is 5.41 Å². The van der Waals surface area contributed by atoms with Crippen LogP contribution in [0.4, 0.5) is 0 Å². The first-order valence-corrected chi connectivity index (χ1v) is 22.3. The molecule has 0 atom stereocenters. The van der Waals surface area contributed by atoms with E-state index in [0.717, 1.165) is 77.0 Å². The highest BCUT2D eigenvalue weighted by atomic mass is 15.3. The van der Waals surface area contributed by atoms with Gasteiger partial charge in [-0.2, -0.15) is 15.0 Å². The number of hydrogen-bond donors (Lipinski definition) is 0. The SMILES string of the molecule is CC1(C)c2ccccc2-c2ccc(-c3ccc(-c4nc(-n5c6ccccc6c6ccccc65)nc(-n5c6cc(-c7ccccc7)ccc6c6ccc(-c7ccccc7)cc65)n4)cc3)cc21. The summed E-state index contributed by atoms with van der Waals surface area (Å²) >= 11 is 0. The summed E-state index contributed by atoms with van der Waals surface area (Å²) in [5.74, 6) is 1.70. The third kappa shape index (κ3) is 5.82. The maximum atomic E-state index is 5.48. The zero-order chi connectivity index (χ0) is 43.2. The first-order chi connectivity index (χ1) is 32.0. The molecule has 0 saturated heterocycles. The van der Waals surface area contributed by atoms with Crippen LogP contribution in [-0.2, 0) is 5.41 Å². The second-order valence-corrected chi connectivity index (χ2v) is 17.7. The molecule has 3 heterocycles. The summed E-state index contributed by atoms with van der Waals surface area (Å²) < 4.78 is 4.43. The minimum atomic E-state index is -0.0805. The van der Waals surface area contributed by atoms with Crippen molar-refractivity contribution in [3.05, 3.63) is 223 Å². The molecule has 0 saturated carbocycles. The van der Waals surface area contributed by atoms with Crippen molar-refractivity contribution in [3.8, 4) is 67.8 Å². The predicted molar refractivity (Wildman–Crippen MR) is 268 cm³/mol. The van der Waals surface area contributed by atoms with Crippen LogP contribution in [0.2, 0.25) is 0 Å². The minimum Gasteiger partial charge on any atom is -0.278 e. The van der Waals surface area contributed by atoms with Crippen molar-refractivity contribution in [1.29, 1.82) is 0 Å². The van der Waals surface area contributed by atoms with Crippen LogP contribution in [0.3, 0.4) is 0 Å². The summed E-state index contributed by atoms with van der Waals surface area (Å²) in [6.07, 6.45) is 0. The van der Waals surface area contributed by atoms with Crippen LogP contribution < -0.4 is 0 Å². The van der Waals surface area contributed by atoms with E-state index in [0.29, 0.717) is 17.7 Å². The van der Waals surface area contributed by atoms with E-state index in [9.17, 15) is 0 Å². The summed E-state index contributed by atoms with van der Waals surface area (Å²) in [7, 11) is 0. The molecule has 12 aromatic rings. The summed E-state index contributed by atoms with van der Waals surface area (Å²) in [6, 6.07) is 76.1. The monoisotopic (exact) mass is 831 g/mol. The number of benzene rings is 9. The topological polar surface area (TPSA) is 48.5 Å². The molecule has 65 heavy (non-hydrogen) atoms. The maximum Gasteiger partial charge on any atom is 0.240 e. The van der Waals surface area contributed by atoms with Gasteiger partial charge in [0.25, 0.3) is 0 Å². The molecule has 0 fully saturated rings. The van der Waals surface area contributed by atoms with Gasteiger partial charge in [-0.25, -0.2) is 0 Å². The minimum absolute atomic E-state index is 0.0805. The number of nitrogens with zero attached hydrogens (tertiary/aromatic N) is 5. The highest BCUT2D eigenvalue weighted by molar-refractivity contribution is 6.11. The third-order valence-electron chi connectivity index (χ3n) is 13.6. The van der Waals surface area contributed by atoms with Crippen LogP contribution >= 0.6 is 0 Å². The molecule has 5 nitrogen and oxygen atoms in total. The van der Waals surface area contributed by atoms with E-state index < -0.39 is 0 Å². The molecular formula is C60H41N5. The van der Waals surface area contributed by atoms with Crippen LogP contribution in [0.15, 0.2) is 212 Å². The lowest BCUT2D eigenvalue weighted by Gasteiger charge is -2.22. The molecule has 13 rings (SSSR count). The number of hydrogen-bond acceptors (Lipinski definition) is 3. The van der Waals surface area contributed by atoms with E-state index in [1.807, 2.05) is 0 Å². The molecule has 0 N–H and O–H groups in total. The van der Waals surface area contributed by atoms with Crippen molar-refractivity contribution in [2.45, 2.75) is 19.3 Å². The Balaban J connectivity index is 1.04. The Hall–Kier alpha value is -8.41. The zero-order valence-electron chi connectivity index (χ0n) is 35.9. The molecule has 306 valence electrons. The van der Waals surface area contributed by atoms with Crippen molar-refractivity contribution in [2.24, 2.45) is 0 Å². The molecule has 0 amide bonds. The first kappa shape index (κ1) is 37.2. The van der Waals surface area contributed by atoms with Gasteiger partial charge in [0.2, 0.25) is 11.9 Å². The van der Waals surface area contributed by atoms with Crippen LogP contribution in [-0.4, -0.2) is 24.1 Å². The smallest absolute Gasteiger partial charge is 0.240 e. The molecule has 9 aromatic carbocycles. The quantitative estimate of drug-likeness (QED) is 0.168. The first-order valence-electron chi connectivity index (χ1n) is 22.3. The number of para-hydroxylation sites is 2. The second-order valence-electron chi connectivity index (χ2n) is 17.7. The molecule has 3 aromatic heterocycles. The Labute approximate surface area is 376 Å². The lowest BCUT2D eigenvalue weighted by Crippen LogP contribution is -2.14. The molecule has 0 spiro atoms. The van der Waals surface area contributed by atoms with Gasteiger partial charge in [-0.15, -0.1) is 0 Å². The fourth-order valence-electron chi connectivity index (χ4n) is 10.4. The van der Waals surface area contributed by atoms with Crippen LogP contribution in [0.5, 0.6) is 0 Å². The number of fused-ring (bicyclic) bond motifs is 9. The van der Waals surface area contributed by atoms with Gasteiger partial charge < -0.3 is 0 Å². The van der Waals surface area contributed by atoms with Crippen molar-refractivity contribution >= 4 is 43.6 Å². The van der Waals surface area contributed by atoms with Gasteiger partial charge in [0.05, 0.1) is 22.1 Å². The highest BCUT2D eigenvalue weighted by Crippen LogP contribution is 2.49. The number of rotatable bonds is 6. The predicted octanol–water partition coefficient (Wildman–Crippen LogP) is 15.0. The average molecular weight is 832 g/mol. The van der Waals surface area contributed by atoms with Crippen LogP contribution in [0, 0.1) is 0 Å². The van der Waals surface area contributed by atoms with Crippen molar-refractivity contribution in [1.82, 2.24) is 24.1 Å². The Morgan fingerprint density at radius 1 is 0.308 bits per heavy atom. The van der Waals surface area contributed by atoms with Gasteiger partial charge >= 0.3 is 0 Å². The molecule has 0 bridgehead atoms. The Kier molecular flexibility index (Phi) is 8.18. The molecular weight excluding hydrogens is 791 g/mol. The van der Waals surface area contributed by atoms with E-state index in [4.69, 9.17) is 15.0 Å². The molecule has 0 unspecified atom stereocenters. The van der Waals surface area contributed by atoms with Crippen LogP contribution in [0.25, 0.3) is 111 Å². The fourth-order valence-corrected chi connectivity index (χ4v) is 10.4. The van der Waals surface area contributed by atoms with Gasteiger partial charge in [0.1, 0.15) is 0 Å². The van der Waals surface area contributed by atoms with Gasteiger partial charge in [0, 0.05) is 32.5 Å². The Morgan fingerprint density at radius 3 is 1.32 bits per heavy atom. The van der Waals surface area contributed by atoms with E-state index in [1.54, 1.807) is 0 Å². The van der Waals surface area contributed by atoms with Gasteiger partial charge in [-0.3, -0.25) is 9.13 Å². The Bertz CT molecular complexity index is 3690. The van der Waals surface area contributed by atoms with Crippen molar-refractivity contribution < 1.29 is 0 Å². The standard InChI is InChI=1S/C60H41N5/c1-60(2)51-22-12-9-19-45(51)46-32-29-42(35-52(46)60)40-25-27-41(28-26-40)57-61-58(64-53-23-13-10-20-47(53)48-21-11-14-24-54(48)64)63-59(62-57)65-55-36-43(38-15-5-3-6-16-38)30-33-49(55)50-34-31-44(37-56(50)65)39-17-7-4-8-18-39/h3-37H,1-2H3. The summed E-state index contributed by atoms with van der Waals surface area (Å²) in [5.41, 5.74) is 17.2. The van der Waals surface area contributed by atoms with Crippen molar-refractivity contribution in [2.75, 3.05) is 0 Å². The van der Waals surface area contributed by atoms with E-state index in [1.165, 1.54) is 27.8 Å². The number of aromatic nitrogens is 5. The third-order valence-corrected chi connectivity index (χ3v) is 13.6. The van der Waals surface area contributed by atoms with Gasteiger partial charge in [0.15, 0.2) is 5.82 Å². The second kappa shape index (κ2) is 14.3. The van der Waals surface area contributed by atoms with Gasteiger partial charge in [-0.05, 0) is 86.0 Å². The summed E-state index contributed by atoms with van der Waals surface area (Å²) in [6.45, 7) is 4.67. The Morgan fingerprint density at radius 2 is 0.723 bits per heavy atom. The van der Waals surface area contributed by atoms with Gasteiger partial charge in [-0.1, -0.05) is 196 Å². The zero-order valence-corrected chi connectivity index (χ0v) is 35.9. The molecule has 1 aliphatic rings. The van der Waals surface area contributed by atoms with Crippen molar-refractivity contribution in [3.63, 3.8) is 0 Å². The fraction of sp³-hybridized carbons (Fsp3) is 0.0500. The van der Waals surface area contributed by atoms with E-state index in [2.05, 4.69) is 235 Å².